The predicted molar refractivity (Wildman–Crippen MR) is 88.1 cm³/mol. The first-order valence-electron chi connectivity index (χ1n) is 8.35. The topological polar surface area (TPSA) is 107 Å². The van der Waals surface area contributed by atoms with Gasteiger partial charge in [-0.3, -0.25) is 9.69 Å². The van der Waals surface area contributed by atoms with E-state index in [-0.39, 0.29) is 0 Å². The van der Waals surface area contributed by atoms with Gasteiger partial charge in [-0.15, -0.1) is 0 Å². The fourth-order valence-corrected chi connectivity index (χ4v) is 3.36. The first-order valence-corrected chi connectivity index (χ1v) is 8.35. The average Bonchev–Trinajstić information content (AvgIpc) is 3.11. The highest BCUT2D eigenvalue weighted by atomic mass is 16.5. The van der Waals surface area contributed by atoms with Gasteiger partial charge in [0.2, 0.25) is 5.95 Å². The minimum atomic E-state index is -0.890. The molecule has 2 aliphatic heterocycles. The Morgan fingerprint density at radius 3 is 2.72 bits per heavy atom. The molecule has 0 aliphatic carbocycles. The number of aliphatic carboxylic acids is 1. The van der Waals surface area contributed by atoms with Crippen LogP contribution in [0.4, 0.5) is 5.95 Å². The van der Waals surface area contributed by atoms with Crippen molar-refractivity contribution in [2.75, 3.05) is 37.7 Å². The summed E-state index contributed by atoms with van der Waals surface area (Å²) in [6.07, 6.45) is 5.86. The highest BCUT2D eigenvalue weighted by Gasteiger charge is 2.35. The summed E-state index contributed by atoms with van der Waals surface area (Å²) in [5.74, 6) is -0.200. The largest absolute Gasteiger partial charge is 0.480 e. The fourth-order valence-electron chi connectivity index (χ4n) is 3.36. The van der Waals surface area contributed by atoms with Crippen LogP contribution in [0.2, 0.25) is 0 Å². The number of hydrogen-bond acceptors (Lipinski definition) is 7. The van der Waals surface area contributed by atoms with E-state index in [1.807, 2.05) is 4.90 Å². The molecule has 2 aliphatic rings. The van der Waals surface area contributed by atoms with E-state index in [1.54, 1.807) is 18.7 Å². The van der Waals surface area contributed by atoms with E-state index in [9.17, 15) is 9.90 Å². The Kier molecular flexibility index (Phi) is 4.33. The van der Waals surface area contributed by atoms with E-state index in [4.69, 9.17) is 4.74 Å². The second-order valence-electron chi connectivity index (χ2n) is 6.22. The Labute approximate surface area is 144 Å². The van der Waals surface area contributed by atoms with Crippen LogP contribution < -0.4 is 4.90 Å². The van der Waals surface area contributed by atoms with Gasteiger partial charge >= 0.3 is 5.97 Å². The summed E-state index contributed by atoms with van der Waals surface area (Å²) in [5, 5.41) is 9.62. The number of carboxylic acids is 1. The Bertz CT molecular complexity index is 741. The molecule has 25 heavy (non-hydrogen) atoms. The molecule has 4 rings (SSSR count). The van der Waals surface area contributed by atoms with Crippen molar-refractivity contribution >= 4 is 11.9 Å². The molecule has 1 atom stereocenters. The fraction of sp³-hybridized carbons (Fsp3) is 0.500. The third kappa shape index (κ3) is 3.20. The molecule has 132 valence electrons. The third-order valence-corrected chi connectivity index (χ3v) is 4.63. The third-order valence-electron chi connectivity index (χ3n) is 4.63. The number of aromatic nitrogens is 4. The summed E-state index contributed by atoms with van der Waals surface area (Å²) in [6.45, 7) is 4.07. The molecule has 0 aromatic carbocycles. The lowest BCUT2D eigenvalue weighted by atomic mass is 10.0. The van der Waals surface area contributed by atoms with Gasteiger partial charge in [0, 0.05) is 56.3 Å². The van der Waals surface area contributed by atoms with Crippen LogP contribution in [0.15, 0.2) is 18.7 Å². The van der Waals surface area contributed by atoms with Crippen LogP contribution in [0, 0.1) is 0 Å². The van der Waals surface area contributed by atoms with Crippen LogP contribution in [-0.2, 0) is 22.5 Å². The van der Waals surface area contributed by atoms with E-state index < -0.39 is 12.0 Å². The summed E-state index contributed by atoms with van der Waals surface area (Å²) in [5.41, 5.74) is 2.40. The predicted octanol–water partition coefficient (Wildman–Crippen LogP) is 0.220. The lowest BCUT2D eigenvalue weighted by Crippen LogP contribution is -2.39. The normalized spacial score (nSPS) is 21.1. The maximum Gasteiger partial charge on any atom is 0.327 e. The quantitative estimate of drug-likeness (QED) is 0.811. The Balaban J connectivity index is 1.49. The molecule has 1 fully saturated rings. The molecule has 4 heterocycles. The van der Waals surface area contributed by atoms with Crippen molar-refractivity contribution in [1.29, 1.82) is 0 Å². The van der Waals surface area contributed by atoms with Crippen LogP contribution in [0.25, 0.3) is 0 Å². The minimum Gasteiger partial charge on any atom is -0.480 e. The minimum absolute atomic E-state index is 0.479. The first kappa shape index (κ1) is 16.0. The van der Waals surface area contributed by atoms with Crippen molar-refractivity contribution in [1.82, 2.24) is 24.8 Å². The molecule has 2 aromatic heterocycles. The van der Waals surface area contributed by atoms with E-state index >= 15 is 0 Å². The number of imidazole rings is 1. The number of anilines is 1. The van der Waals surface area contributed by atoms with Gasteiger partial charge in [0.15, 0.2) is 6.04 Å². The second kappa shape index (κ2) is 6.77. The Morgan fingerprint density at radius 1 is 1.24 bits per heavy atom. The Hall–Kier alpha value is -2.52. The zero-order valence-corrected chi connectivity index (χ0v) is 13.8. The van der Waals surface area contributed by atoms with E-state index in [0.29, 0.717) is 37.9 Å². The molecular weight excluding hydrogens is 324 g/mol. The highest BCUT2D eigenvalue weighted by molar-refractivity contribution is 5.75. The number of hydrogen-bond donors (Lipinski definition) is 2. The van der Waals surface area contributed by atoms with Crippen LogP contribution in [0.1, 0.15) is 23.0 Å². The van der Waals surface area contributed by atoms with E-state index in [0.717, 1.165) is 30.8 Å². The van der Waals surface area contributed by atoms with Crippen molar-refractivity contribution in [3.8, 4) is 0 Å². The molecule has 9 heteroatoms. The summed E-state index contributed by atoms with van der Waals surface area (Å²) in [4.78, 5) is 31.8. The van der Waals surface area contributed by atoms with Gasteiger partial charge in [0.1, 0.15) is 0 Å². The smallest absolute Gasteiger partial charge is 0.327 e. The number of ether oxygens (including phenoxy) is 1. The molecule has 2 aromatic rings. The lowest BCUT2D eigenvalue weighted by molar-refractivity contribution is -0.144. The number of morpholine rings is 1. The molecule has 0 amide bonds. The summed E-state index contributed by atoms with van der Waals surface area (Å²) in [6, 6.07) is -0.742. The molecule has 1 saturated heterocycles. The molecule has 0 unspecified atom stereocenters. The van der Waals surface area contributed by atoms with Gasteiger partial charge in [-0.2, -0.15) is 0 Å². The van der Waals surface area contributed by atoms with Crippen molar-refractivity contribution in [2.45, 2.75) is 19.0 Å². The second-order valence-corrected chi connectivity index (χ2v) is 6.22. The van der Waals surface area contributed by atoms with Crippen molar-refractivity contribution in [3.63, 3.8) is 0 Å². The maximum absolute atomic E-state index is 11.7. The zero-order valence-electron chi connectivity index (χ0n) is 13.8. The Morgan fingerprint density at radius 2 is 2.00 bits per heavy atom. The molecule has 0 saturated carbocycles. The van der Waals surface area contributed by atoms with Gasteiger partial charge in [-0.25, -0.2) is 15.0 Å². The summed E-state index contributed by atoms with van der Waals surface area (Å²) in [7, 11) is 0. The summed E-state index contributed by atoms with van der Waals surface area (Å²) < 4.78 is 5.33. The zero-order chi connectivity index (χ0) is 17.2. The number of carbonyl (C=O) groups is 1. The number of fused-ring (bicyclic) bond motifs is 1. The van der Waals surface area contributed by atoms with E-state index in [2.05, 4.69) is 24.8 Å². The number of nitrogens with zero attached hydrogens (tertiary/aromatic N) is 5. The molecule has 9 nitrogen and oxygen atoms in total. The van der Waals surface area contributed by atoms with Gasteiger partial charge in [0.25, 0.3) is 0 Å². The molecule has 0 spiro atoms. The maximum atomic E-state index is 11.7. The highest BCUT2D eigenvalue weighted by Crippen LogP contribution is 2.28. The number of aromatic amines is 1. The van der Waals surface area contributed by atoms with Gasteiger partial charge in [-0.1, -0.05) is 0 Å². The van der Waals surface area contributed by atoms with Gasteiger partial charge < -0.3 is 19.7 Å². The number of carboxylic acid groups (broad SMARTS) is 1. The number of rotatable bonds is 4. The van der Waals surface area contributed by atoms with Crippen LogP contribution in [-0.4, -0.2) is 68.8 Å². The van der Waals surface area contributed by atoms with E-state index in [1.165, 1.54) is 0 Å². The van der Waals surface area contributed by atoms with Gasteiger partial charge in [0.05, 0.1) is 25.2 Å². The molecular formula is C16H20N6O3. The van der Waals surface area contributed by atoms with Crippen molar-refractivity contribution in [2.24, 2.45) is 0 Å². The van der Waals surface area contributed by atoms with Crippen LogP contribution in [0.5, 0.6) is 0 Å². The molecule has 2 N–H and O–H groups in total. The number of H-pyrrole nitrogens is 1. The summed E-state index contributed by atoms with van der Waals surface area (Å²) >= 11 is 0. The van der Waals surface area contributed by atoms with Crippen molar-refractivity contribution < 1.29 is 14.6 Å². The van der Waals surface area contributed by atoms with Crippen LogP contribution in [0.3, 0.4) is 0 Å². The SMILES string of the molecule is O=C(O)[C@@H]1c2nc[nH]c2CCN1Cc1cnc(N2CCOCC2)nc1. The molecule has 0 bridgehead atoms. The first-order chi connectivity index (χ1) is 12.2. The lowest BCUT2D eigenvalue weighted by Gasteiger charge is -2.32. The van der Waals surface area contributed by atoms with Crippen LogP contribution >= 0.6 is 0 Å². The number of nitrogens with one attached hydrogen (secondary N) is 1. The standard InChI is InChI=1S/C16H20N6O3/c23-15(24)14-13-12(19-10-20-13)1-2-22(14)9-11-7-17-16(18-8-11)21-3-5-25-6-4-21/h7-8,10,14H,1-6,9H2,(H,19,20)(H,23,24)/t14-/m0/s1. The molecule has 0 radical (unpaired) electrons. The average molecular weight is 344 g/mol. The van der Waals surface area contributed by atoms with Gasteiger partial charge in [-0.05, 0) is 0 Å². The monoisotopic (exact) mass is 344 g/mol. The van der Waals surface area contributed by atoms with Crippen molar-refractivity contribution in [3.05, 3.63) is 35.7 Å².